The van der Waals surface area contributed by atoms with Crippen molar-refractivity contribution in [1.29, 1.82) is 0 Å². The first-order chi connectivity index (χ1) is 15.6. The Morgan fingerprint density at radius 2 is 1.58 bits per heavy atom. The summed E-state index contributed by atoms with van der Waals surface area (Å²) in [5.41, 5.74) is 2.88. The van der Waals surface area contributed by atoms with Gasteiger partial charge in [0.1, 0.15) is 0 Å². The van der Waals surface area contributed by atoms with Crippen LogP contribution in [0.2, 0.25) is 0 Å². The van der Waals surface area contributed by atoms with Crippen LogP contribution in [0.15, 0.2) is 88.9 Å². The van der Waals surface area contributed by atoms with Gasteiger partial charge in [-0.3, -0.25) is 9.10 Å². The van der Waals surface area contributed by atoms with Crippen molar-refractivity contribution in [2.24, 2.45) is 5.10 Å². The van der Waals surface area contributed by atoms with E-state index in [1.807, 2.05) is 18.2 Å². The number of anilines is 1. The minimum atomic E-state index is -4.57. The predicted molar refractivity (Wildman–Crippen MR) is 119 cm³/mol. The summed E-state index contributed by atoms with van der Waals surface area (Å²) in [6.07, 6.45) is -3.14. The molecule has 1 N–H and O–H groups in total. The number of hydrogen-bond acceptors (Lipinski definition) is 4. The maximum Gasteiger partial charge on any atom is 0.416 e. The number of alkyl halides is 3. The van der Waals surface area contributed by atoms with Gasteiger partial charge in [-0.2, -0.15) is 18.3 Å². The van der Waals surface area contributed by atoms with Crippen LogP contribution in [-0.4, -0.2) is 27.6 Å². The number of carbonyl (C=O) groups is 1. The Bertz CT molecular complexity index is 1240. The number of nitrogens with zero attached hydrogens (tertiary/aromatic N) is 2. The monoisotopic (exact) mass is 475 g/mol. The second-order valence-electron chi connectivity index (χ2n) is 7.01. The number of benzene rings is 3. The third kappa shape index (κ3) is 5.98. The van der Waals surface area contributed by atoms with Gasteiger partial charge in [-0.05, 0) is 35.9 Å². The summed E-state index contributed by atoms with van der Waals surface area (Å²) in [5.74, 6) is -0.347. The van der Waals surface area contributed by atoms with Crippen molar-refractivity contribution in [2.45, 2.75) is 17.5 Å². The number of hydrazone groups is 1. The highest BCUT2D eigenvalue weighted by Crippen LogP contribution is 2.31. The first-order valence-corrected chi connectivity index (χ1v) is 11.1. The van der Waals surface area contributed by atoms with E-state index in [1.54, 1.807) is 30.3 Å². The molecule has 0 saturated carbocycles. The Morgan fingerprint density at radius 3 is 2.21 bits per heavy atom. The van der Waals surface area contributed by atoms with Crippen LogP contribution in [0.3, 0.4) is 0 Å². The van der Waals surface area contributed by atoms with Crippen LogP contribution in [0.25, 0.3) is 0 Å². The third-order valence-corrected chi connectivity index (χ3v) is 6.50. The lowest BCUT2D eigenvalue weighted by atomic mass is 10.1. The van der Waals surface area contributed by atoms with E-state index < -0.39 is 21.8 Å². The van der Waals surface area contributed by atoms with Gasteiger partial charge < -0.3 is 0 Å². The lowest BCUT2D eigenvalue weighted by Gasteiger charge is -2.21. The molecule has 6 nitrogen and oxygen atoms in total. The fourth-order valence-electron chi connectivity index (χ4n) is 2.98. The summed E-state index contributed by atoms with van der Waals surface area (Å²) in [7, 11) is -2.86. The van der Waals surface area contributed by atoms with Crippen molar-refractivity contribution in [3.8, 4) is 0 Å². The molecule has 10 heteroatoms. The van der Waals surface area contributed by atoms with Crippen molar-refractivity contribution in [3.63, 3.8) is 0 Å². The molecule has 0 aliphatic carbocycles. The van der Waals surface area contributed by atoms with Gasteiger partial charge in [-0.1, -0.05) is 48.5 Å². The first-order valence-electron chi connectivity index (χ1n) is 9.70. The quantitative estimate of drug-likeness (QED) is 0.411. The molecule has 1 amide bonds. The second kappa shape index (κ2) is 9.86. The number of sulfonamides is 1. The Morgan fingerprint density at radius 1 is 0.970 bits per heavy atom. The maximum absolute atomic E-state index is 13.0. The minimum absolute atomic E-state index is 0.127. The topological polar surface area (TPSA) is 78.8 Å². The number of hydrogen-bond donors (Lipinski definition) is 1. The Balaban J connectivity index is 1.77. The van der Waals surface area contributed by atoms with Gasteiger partial charge >= 0.3 is 6.18 Å². The zero-order chi connectivity index (χ0) is 24.1. The number of para-hydroxylation sites is 1. The number of rotatable bonds is 7. The van der Waals surface area contributed by atoms with Gasteiger partial charge in [0.05, 0.1) is 28.8 Å². The van der Waals surface area contributed by atoms with Gasteiger partial charge in [0.2, 0.25) is 5.91 Å². The van der Waals surface area contributed by atoms with Crippen molar-refractivity contribution < 1.29 is 26.4 Å². The molecule has 0 aliphatic rings. The molecule has 0 aromatic heterocycles. The van der Waals surface area contributed by atoms with Gasteiger partial charge in [-0.15, -0.1) is 0 Å². The largest absolute Gasteiger partial charge is 0.416 e. The molecular weight excluding hydrogens is 455 g/mol. The molecule has 0 radical (unpaired) electrons. The zero-order valence-electron chi connectivity index (χ0n) is 17.5. The van der Waals surface area contributed by atoms with Crippen LogP contribution in [-0.2, 0) is 27.4 Å². The molecule has 0 heterocycles. The number of halogens is 3. The van der Waals surface area contributed by atoms with E-state index in [0.717, 1.165) is 34.1 Å². The summed E-state index contributed by atoms with van der Waals surface area (Å²) in [4.78, 5) is 11.8. The molecule has 0 unspecified atom stereocenters. The molecule has 0 bridgehead atoms. The zero-order valence-corrected chi connectivity index (χ0v) is 18.3. The molecule has 172 valence electrons. The van der Waals surface area contributed by atoms with Crippen LogP contribution in [0, 0.1) is 0 Å². The van der Waals surface area contributed by atoms with E-state index in [0.29, 0.717) is 5.56 Å². The highest BCUT2D eigenvalue weighted by Gasteiger charge is 2.31. The molecule has 0 saturated heterocycles. The van der Waals surface area contributed by atoms with Gasteiger partial charge in [0.15, 0.2) is 0 Å². The van der Waals surface area contributed by atoms with E-state index in [9.17, 15) is 26.4 Å². The van der Waals surface area contributed by atoms with E-state index in [-0.39, 0.29) is 22.9 Å². The third-order valence-electron chi connectivity index (χ3n) is 4.72. The number of carbonyl (C=O) groups excluding carboxylic acids is 1. The Kier molecular flexibility index (Phi) is 7.17. The normalized spacial score (nSPS) is 12.0. The van der Waals surface area contributed by atoms with Gasteiger partial charge in [0, 0.05) is 12.6 Å². The minimum Gasteiger partial charge on any atom is -0.273 e. The van der Waals surface area contributed by atoms with Crippen LogP contribution < -0.4 is 9.73 Å². The standard InChI is InChI=1S/C23H20F3N3O3S/c1-29(33(31,32)20-13-11-19(12-14-20)23(24,25)26)21-10-6-5-9-18(21)16-27-28-22(30)15-17-7-3-2-4-8-17/h2-14,16H,15H2,1H3,(H,28,30)/b27-16+. The lowest BCUT2D eigenvalue weighted by Crippen LogP contribution is -2.27. The average Bonchev–Trinajstić information content (AvgIpc) is 2.79. The summed E-state index contributed by atoms with van der Waals surface area (Å²) >= 11 is 0. The Hall–Kier alpha value is -3.66. The van der Waals surface area contributed by atoms with Gasteiger partial charge in [0.25, 0.3) is 10.0 Å². The van der Waals surface area contributed by atoms with E-state index in [1.165, 1.54) is 19.3 Å². The number of nitrogens with one attached hydrogen (secondary N) is 1. The maximum atomic E-state index is 13.0. The smallest absolute Gasteiger partial charge is 0.273 e. The summed E-state index contributed by atoms with van der Waals surface area (Å²) in [6.45, 7) is 0. The molecule has 33 heavy (non-hydrogen) atoms. The van der Waals surface area contributed by atoms with Crippen LogP contribution in [0.4, 0.5) is 18.9 Å². The fraction of sp³-hybridized carbons (Fsp3) is 0.130. The highest BCUT2D eigenvalue weighted by atomic mass is 32.2. The molecule has 3 aromatic carbocycles. The Labute approximate surface area is 189 Å². The predicted octanol–water partition coefficient (Wildman–Crippen LogP) is 4.22. The molecule has 3 rings (SSSR count). The molecule has 0 aliphatic heterocycles. The average molecular weight is 475 g/mol. The summed E-state index contributed by atoms with van der Waals surface area (Å²) < 4.78 is 65.2. The molecule has 0 fully saturated rings. The van der Waals surface area contributed by atoms with Crippen LogP contribution in [0.5, 0.6) is 0 Å². The lowest BCUT2D eigenvalue weighted by molar-refractivity contribution is -0.137. The molecule has 0 spiro atoms. The second-order valence-corrected chi connectivity index (χ2v) is 8.98. The SMILES string of the molecule is CN(c1ccccc1/C=N/NC(=O)Cc1ccccc1)S(=O)(=O)c1ccc(C(F)(F)F)cc1. The van der Waals surface area contributed by atoms with Crippen molar-refractivity contribution in [1.82, 2.24) is 5.43 Å². The molecule has 0 atom stereocenters. The first kappa shape index (κ1) is 24.0. The van der Waals surface area contributed by atoms with Crippen LogP contribution >= 0.6 is 0 Å². The summed E-state index contributed by atoms with van der Waals surface area (Å²) in [5, 5.41) is 3.90. The van der Waals surface area contributed by atoms with Crippen molar-refractivity contribution >= 4 is 27.8 Å². The van der Waals surface area contributed by atoms with Crippen LogP contribution in [0.1, 0.15) is 16.7 Å². The van der Waals surface area contributed by atoms with Crippen molar-refractivity contribution in [2.75, 3.05) is 11.4 Å². The molecule has 3 aromatic rings. The van der Waals surface area contributed by atoms with E-state index in [4.69, 9.17) is 0 Å². The highest BCUT2D eigenvalue weighted by molar-refractivity contribution is 7.92. The number of amides is 1. The van der Waals surface area contributed by atoms with Gasteiger partial charge in [-0.25, -0.2) is 13.8 Å². The van der Waals surface area contributed by atoms with E-state index in [2.05, 4.69) is 10.5 Å². The van der Waals surface area contributed by atoms with Crippen molar-refractivity contribution in [3.05, 3.63) is 95.6 Å². The van der Waals surface area contributed by atoms with E-state index >= 15 is 0 Å². The summed E-state index contributed by atoms with van der Waals surface area (Å²) in [6, 6.07) is 18.7. The fourth-order valence-corrected chi connectivity index (χ4v) is 4.20. The molecular formula is C23H20F3N3O3S.